The zero-order chi connectivity index (χ0) is 17.1. The van der Waals surface area contributed by atoms with Crippen molar-refractivity contribution >= 4 is 0 Å². The van der Waals surface area contributed by atoms with Gasteiger partial charge in [-0.3, -0.25) is 0 Å². The molecule has 6 nitrogen and oxygen atoms in total. The Morgan fingerprint density at radius 3 is 1.42 bits per heavy atom. The van der Waals surface area contributed by atoms with Gasteiger partial charge in [0.1, 0.15) is 0 Å². The molecule has 24 heavy (non-hydrogen) atoms. The van der Waals surface area contributed by atoms with E-state index in [9.17, 15) is 0 Å². The van der Waals surface area contributed by atoms with Crippen LogP contribution >= 0.6 is 0 Å². The number of hydrogen-bond donors (Lipinski definition) is 6. The van der Waals surface area contributed by atoms with E-state index in [1.54, 1.807) is 0 Å². The maximum absolute atomic E-state index is 5.40. The second kappa shape index (κ2) is 16.8. The molecule has 0 atom stereocenters. The standard InChI is InChI=1S/C18H36N6/c19-7-9-21-11-13-23-15-17-24-16-14-22-12-10-20-8-6-18-4-2-1-3-5-18/h1-5,20-24H,6-17,19H2. The maximum Gasteiger partial charge on any atom is 0.00772 e. The highest BCUT2D eigenvalue weighted by Crippen LogP contribution is 1.97. The zero-order valence-electron chi connectivity index (χ0n) is 14.9. The lowest BCUT2D eigenvalue weighted by Crippen LogP contribution is -2.37. The largest absolute Gasteiger partial charge is 0.329 e. The molecule has 0 saturated heterocycles. The minimum Gasteiger partial charge on any atom is -0.329 e. The minimum atomic E-state index is 0.705. The Morgan fingerprint density at radius 2 is 0.958 bits per heavy atom. The first-order valence-corrected chi connectivity index (χ1v) is 9.21. The average Bonchev–Trinajstić information content (AvgIpc) is 2.62. The van der Waals surface area contributed by atoms with Crippen molar-refractivity contribution in [1.82, 2.24) is 26.6 Å². The van der Waals surface area contributed by atoms with Gasteiger partial charge in [-0.2, -0.15) is 0 Å². The first-order valence-electron chi connectivity index (χ1n) is 9.21. The fourth-order valence-electron chi connectivity index (χ4n) is 2.31. The molecule has 0 unspecified atom stereocenters. The summed E-state index contributed by atoms with van der Waals surface area (Å²) in [6.45, 7) is 10.7. The Morgan fingerprint density at radius 1 is 0.542 bits per heavy atom. The summed E-state index contributed by atoms with van der Waals surface area (Å²) in [7, 11) is 0. The van der Waals surface area contributed by atoms with E-state index in [1.807, 2.05) is 0 Å². The van der Waals surface area contributed by atoms with E-state index >= 15 is 0 Å². The molecule has 0 aliphatic rings. The maximum atomic E-state index is 5.40. The van der Waals surface area contributed by atoms with Gasteiger partial charge in [-0.15, -0.1) is 0 Å². The van der Waals surface area contributed by atoms with E-state index in [0.29, 0.717) is 6.54 Å². The summed E-state index contributed by atoms with van der Waals surface area (Å²) in [5.74, 6) is 0. The molecule has 0 aliphatic carbocycles. The molecule has 0 heterocycles. The van der Waals surface area contributed by atoms with Crippen molar-refractivity contribution < 1.29 is 0 Å². The quantitative estimate of drug-likeness (QED) is 0.208. The molecule has 138 valence electrons. The number of nitrogens with two attached hydrogens (primary N) is 1. The molecule has 1 rings (SSSR count). The van der Waals surface area contributed by atoms with Crippen LogP contribution in [0.2, 0.25) is 0 Å². The molecule has 0 aromatic heterocycles. The summed E-state index contributed by atoms with van der Waals surface area (Å²) in [5, 5.41) is 17.0. The van der Waals surface area contributed by atoms with Crippen molar-refractivity contribution in [3.63, 3.8) is 0 Å². The fourth-order valence-corrected chi connectivity index (χ4v) is 2.31. The first-order chi connectivity index (χ1) is 11.9. The summed E-state index contributed by atoms with van der Waals surface area (Å²) < 4.78 is 0. The molecular formula is C18H36N6. The van der Waals surface area contributed by atoms with Crippen molar-refractivity contribution in [3.05, 3.63) is 35.9 Å². The van der Waals surface area contributed by atoms with Crippen LogP contribution in [0.1, 0.15) is 5.56 Å². The van der Waals surface area contributed by atoms with E-state index in [1.165, 1.54) is 5.56 Å². The van der Waals surface area contributed by atoms with Crippen LogP contribution in [0.3, 0.4) is 0 Å². The number of nitrogens with one attached hydrogen (secondary N) is 5. The smallest absolute Gasteiger partial charge is 0.00772 e. The van der Waals surface area contributed by atoms with Gasteiger partial charge >= 0.3 is 0 Å². The van der Waals surface area contributed by atoms with Crippen LogP contribution in [-0.4, -0.2) is 72.0 Å². The summed E-state index contributed by atoms with van der Waals surface area (Å²) in [6, 6.07) is 10.6. The summed E-state index contributed by atoms with van der Waals surface area (Å²) >= 11 is 0. The lowest BCUT2D eigenvalue weighted by molar-refractivity contribution is 0.558. The molecule has 1 aromatic carbocycles. The highest BCUT2D eigenvalue weighted by Gasteiger charge is 1.92. The number of hydrogen-bond acceptors (Lipinski definition) is 6. The van der Waals surface area contributed by atoms with Gasteiger partial charge in [-0.05, 0) is 18.5 Å². The third kappa shape index (κ3) is 13.4. The highest BCUT2D eigenvalue weighted by molar-refractivity contribution is 5.14. The third-order valence-electron chi connectivity index (χ3n) is 3.67. The van der Waals surface area contributed by atoms with Crippen molar-refractivity contribution in [3.8, 4) is 0 Å². The van der Waals surface area contributed by atoms with Gasteiger partial charge in [0.2, 0.25) is 0 Å². The first kappa shape index (κ1) is 21.0. The van der Waals surface area contributed by atoms with Crippen LogP contribution in [0.5, 0.6) is 0 Å². The van der Waals surface area contributed by atoms with Gasteiger partial charge in [0.25, 0.3) is 0 Å². The second-order valence-corrected chi connectivity index (χ2v) is 5.77. The Balaban J connectivity index is 1.70. The van der Waals surface area contributed by atoms with Crippen LogP contribution in [-0.2, 0) is 6.42 Å². The number of benzene rings is 1. The van der Waals surface area contributed by atoms with Crippen molar-refractivity contribution in [1.29, 1.82) is 0 Å². The molecule has 0 fully saturated rings. The van der Waals surface area contributed by atoms with Gasteiger partial charge in [-0.1, -0.05) is 30.3 Å². The van der Waals surface area contributed by atoms with E-state index < -0.39 is 0 Å². The monoisotopic (exact) mass is 336 g/mol. The van der Waals surface area contributed by atoms with Crippen LogP contribution in [0.4, 0.5) is 0 Å². The van der Waals surface area contributed by atoms with Gasteiger partial charge in [0.15, 0.2) is 0 Å². The fraction of sp³-hybridized carbons (Fsp3) is 0.667. The Hall–Kier alpha value is -1.02. The van der Waals surface area contributed by atoms with Gasteiger partial charge in [0.05, 0.1) is 0 Å². The minimum absolute atomic E-state index is 0.705. The van der Waals surface area contributed by atoms with E-state index in [4.69, 9.17) is 5.73 Å². The lowest BCUT2D eigenvalue weighted by Gasteiger charge is -2.09. The summed E-state index contributed by atoms with van der Waals surface area (Å²) in [5.41, 5.74) is 6.80. The summed E-state index contributed by atoms with van der Waals surface area (Å²) in [6.07, 6.45) is 1.09. The van der Waals surface area contributed by atoms with Crippen LogP contribution in [0.15, 0.2) is 30.3 Å². The molecule has 0 spiro atoms. The van der Waals surface area contributed by atoms with Crippen LogP contribution in [0.25, 0.3) is 0 Å². The van der Waals surface area contributed by atoms with Crippen molar-refractivity contribution in [2.75, 3.05) is 72.0 Å². The Bertz CT molecular complexity index is 360. The van der Waals surface area contributed by atoms with Crippen LogP contribution < -0.4 is 32.3 Å². The number of rotatable bonds is 17. The molecule has 0 amide bonds. The zero-order valence-corrected chi connectivity index (χ0v) is 14.9. The Labute approximate surface area is 147 Å². The van der Waals surface area contributed by atoms with Gasteiger partial charge in [0, 0.05) is 65.4 Å². The molecule has 7 N–H and O–H groups in total. The second-order valence-electron chi connectivity index (χ2n) is 5.77. The predicted molar refractivity (Wildman–Crippen MR) is 104 cm³/mol. The molecule has 6 heteroatoms. The van der Waals surface area contributed by atoms with Crippen molar-refractivity contribution in [2.24, 2.45) is 5.73 Å². The molecule has 0 bridgehead atoms. The molecule has 0 radical (unpaired) electrons. The summed E-state index contributed by atoms with van der Waals surface area (Å²) in [4.78, 5) is 0. The third-order valence-corrected chi connectivity index (χ3v) is 3.67. The van der Waals surface area contributed by atoms with Gasteiger partial charge in [-0.25, -0.2) is 0 Å². The molecule has 0 saturated carbocycles. The predicted octanol–water partition coefficient (Wildman–Crippen LogP) is -0.864. The van der Waals surface area contributed by atoms with E-state index in [0.717, 1.165) is 71.9 Å². The highest BCUT2D eigenvalue weighted by atomic mass is 15.0. The molecule has 0 aliphatic heterocycles. The average molecular weight is 337 g/mol. The molecule has 1 aromatic rings. The SMILES string of the molecule is NCCNCCNCCNCCNCCNCCc1ccccc1. The van der Waals surface area contributed by atoms with E-state index in [-0.39, 0.29) is 0 Å². The molecular weight excluding hydrogens is 300 g/mol. The lowest BCUT2D eigenvalue weighted by atomic mass is 10.1. The van der Waals surface area contributed by atoms with E-state index in [2.05, 4.69) is 56.9 Å². The van der Waals surface area contributed by atoms with Crippen molar-refractivity contribution in [2.45, 2.75) is 6.42 Å². The normalized spacial score (nSPS) is 11.0. The Kier molecular flexibility index (Phi) is 14.7. The topological polar surface area (TPSA) is 86.2 Å². The van der Waals surface area contributed by atoms with Crippen LogP contribution in [0, 0.1) is 0 Å². The van der Waals surface area contributed by atoms with Gasteiger partial charge < -0.3 is 32.3 Å².